The minimum absolute atomic E-state index is 0.109. The van der Waals surface area contributed by atoms with Crippen LogP contribution in [-0.4, -0.2) is 13.4 Å². The number of nitrogen functional groups attached to an aromatic ring is 1. The number of nitrogens with one attached hydrogen (secondary N) is 1. The van der Waals surface area contributed by atoms with Gasteiger partial charge in [-0.05, 0) is 42.8 Å². The number of halogens is 1. The summed E-state index contributed by atoms with van der Waals surface area (Å²) in [6.45, 7) is 1.78. The lowest BCUT2D eigenvalue weighted by molar-refractivity contribution is 0.601. The summed E-state index contributed by atoms with van der Waals surface area (Å²) < 4.78 is 26.8. The number of rotatable bonds is 3. The van der Waals surface area contributed by atoms with E-state index in [4.69, 9.17) is 17.3 Å². The molecule has 0 amide bonds. The lowest BCUT2D eigenvalue weighted by Crippen LogP contribution is -2.13. The summed E-state index contributed by atoms with van der Waals surface area (Å²) in [5, 5.41) is 0.212. The van der Waals surface area contributed by atoms with Crippen LogP contribution in [0.5, 0.6) is 0 Å². The highest BCUT2D eigenvalue weighted by Crippen LogP contribution is 2.20. The van der Waals surface area contributed by atoms with Crippen molar-refractivity contribution in [1.29, 1.82) is 0 Å². The Labute approximate surface area is 116 Å². The molecule has 2 aromatic rings. The largest absolute Gasteiger partial charge is 0.399 e. The molecule has 0 saturated carbocycles. The van der Waals surface area contributed by atoms with Crippen LogP contribution in [0.15, 0.2) is 41.4 Å². The number of hydrogen-bond donors (Lipinski definition) is 2. The maximum absolute atomic E-state index is 12.2. The predicted octanol–water partition coefficient (Wildman–Crippen LogP) is 2.43. The fourth-order valence-corrected chi connectivity index (χ4v) is 2.97. The first-order valence-corrected chi connectivity index (χ1v) is 7.24. The molecule has 0 bridgehead atoms. The van der Waals surface area contributed by atoms with Crippen molar-refractivity contribution in [2.75, 3.05) is 10.5 Å². The number of nitrogens with zero attached hydrogens (tertiary/aromatic N) is 1. The minimum atomic E-state index is -3.69. The number of benzene rings is 1. The van der Waals surface area contributed by atoms with E-state index in [1.165, 1.54) is 24.4 Å². The van der Waals surface area contributed by atoms with Crippen LogP contribution in [0.1, 0.15) is 5.56 Å². The second kappa shape index (κ2) is 5.07. The number of aryl methyl sites for hydroxylation is 1. The smallest absolute Gasteiger partial charge is 0.261 e. The van der Waals surface area contributed by atoms with Crippen molar-refractivity contribution < 1.29 is 8.42 Å². The molecule has 19 heavy (non-hydrogen) atoms. The topological polar surface area (TPSA) is 85.1 Å². The maximum atomic E-state index is 12.2. The van der Waals surface area contributed by atoms with Gasteiger partial charge in [0, 0.05) is 11.9 Å². The van der Waals surface area contributed by atoms with Gasteiger partial charge in [-0.2, -0.15) is 0 Å². The first-order valence-electron chi connectivity index (χ1n) is 5.38. The van der Waals surface area contributed by atoms with Crippen molar-refractivity contribution in [3.8, 4) is 0 Å². The maximum Gasteiger partial charge on any atom is 0.261 e. The van der Waals surface area contributed by atoms with Gasteiger partial charge in [0.05, 0.1) is 10.6 Å². The van der Waals surface area contributed by atoms with E-state index in [9.17, 15) is 8.42 Å². The molecule has 0 spiro atoms. The summed E-state index contributed by atoms with van der Waals surface area (Å²) in [7, 11) is -3.69. The molecule has 0 fully saturated rings. The molecule has 1 aromatic heterocycles. The Morgan fingerprint density at radius 1 is 1.26 bits per heavy atom. The van der Waals surface area contributed by atoms with Gasteiger partial charge in [0.2, 0.25) is 0 Å². The Hall–Kier alpha value is -1.79. The average Bonchev–Trinajstić information content (AvgIpc) is 2.26. The second-order valence-corrected chi connectivity index (χ2v) is 6.12. The zero-order chi connectivity index (χ0) is 14.0. The highest BCUT2D eigenvalue weighted by Gasteiger charge is 2.15. The molecule has 0 aliphatic carbocycles. The number of sulfonamides is 1. The van der Waals surface area contributed by atoms with Crippen molar-refractivity contribution in [3.05, 3.63) is 47.2 Å². The Balaban J connectivity index is 2.37. The third kappa shape index (κ3) is 3.36. The van der Waals surface area contributed by atoms with Gasteiger partial charge in [-0.15, -0.1) is 0 Å². The van der Waals surface area contributed by atoms with Crippen molar-refractivity contribution in [2.24, 2.45) is 0 Å². The van der Waals surface area contributed by atoms with Gasteiger partial charge in [0.25, 0.3) is 10.0 Å². The summed E-state index contributed by atoms with van der Waals surface area (Å²) in [6, 6.07) is 7.59. The van der Waals surface area contributed by atoms with Gasteiger partial charge < -0.3 is 5.73 Å². The van der Waals surface area contributed by atoms with Gasteiger partial charge in [-0.1, -0.05) is 11.6 Å². The summed E-state index contributed by atoms with van der Waals surface area (Å²) in [5.41, 5.74) is 7.17. The van der Waals surface area contributed by atoms with E-state index in [0.717, 1.165) is 5.56 Å². The van der Waals surface area contributed by atoms with E-state index < -0.39 is 10.0 Å². The molecule has 3 N–H and O–H groups in total. The fraction of sp³-hybridized carbons (Fsp3) is 0.0833. The lowest BCUT2D eigenvalue weighted by Gasteiger charge is -2.09. The van der Waals surface area contributed by atoms with Crippen LogP contribution in [0.3, 0.4) is 0 Å². The zero-order valence-corrected chi connectivity index (χ0v) is 11.7. The zero-order valence-electron chi connectivity index (χ0n) is 10.1. The Bertz CT molecular complexity index is 696. The van der Waals surface area contributed by atoms with Crippen LogP contribution in [0.2, 0.25) is 5.15 Å². The quantitative estimate of drug-likeness (QED) is 0.673. The molecule has 1 heterocycles. The van der Waals surface area contributed by atoms with Gasteiger partial charge in [0.1, 0.15) is 5.15 Å². The molecule has 0 unspecified atom stereocenters. The molecule has 2 rings (SSSR count). The van der Waals surface area contributed by atoms with E-state index in [-0.39, 0.29) is 10.0 Å². The van der Waals surface area contributed by atoms with E-state index in [1.807, 2.05) is 0 Å². The number of pyridine rings is 1. The number of hydrogen-bond acceptors (Lipinski definition) is 4. The van der Waals surface area contributed by atoms with E-state index in [1.54, 1.807) is 19.1 Å². The molecular weight excluding hydrogens is 286 g/mol. The summed E-state index contributed by atoms with van der Waals surface area (Å²) in [6.07, 6.45) is 1.42. The normalized spacial score (nSPS) is 11.3. The number of aromatic nitrogens is 1. The van der Waals surface area contributed by atoms with E-state index >= 15 is 0 Å². The Morgan fingerprint density at radius 2 is 2.00 bits per heavy atom. The first kappa shape index (κ1) is 13.6. The number of anilines is 2. The Morgan fingerprint density at radius 3 is 2.63 bits per heavy atom. The van der Waals surface area contributed by atoms with Crippen molar-refractivity contribution in [2.45, 2.75) is 11.8 Å². The van der Waals surface area contributed by atoms with Crippen LogP contribution >= 0.6 is 11.6 Å². The van der Waals surface area contributed by atoms with E-state index in [2.05, 4.69) is 9.71 Å². The van der Waals surface area contributed by atoms with Gasteiger partial charge >= 0.3 is 0 Å². The SMILES string of the molecule is Cc1cc(N)cc(S(=O)(=O)Nc2ccnc(Cl)c2)c1. The summed E-state index contributed by atoms with van der Waals surface area (Å²) >= 11 is 5.70. The van der Waals surface area contributed by atoms with Crippen LogP contribution < -0.4 is 10.5 Å². The van der Waals surface area contributed by atoms with Crippen molar-refractivity contribution >= 4 is 33.0 Å². The molecule has 7 heteroatoms. The van der Waals surface area contributed by atoms with E-state index in [0.29, 0.717) is 11.4 Å². The van der Waals surface area contributed by atoms with Crippen molar-refractivity contribution in [1.82, 2.24) is 4.98 Å². The van der Waals surface area contributed by atoms with Crippen LogP contribution in [0.4, 0.5) is 11.4 Å². The molecule has 0 atom stereocenters. The molecular formula is C12H12ClN3O2S. The predicted molar refractivity (Wildman–Crippen MR) is 75.6 cm³/mol. The highest BCUT2D eigenvalue weighted by atomic mass is 35.5. The molecule has 0 aliphatic rings. The standard InChI is InChI=1S/C12H12ClN3O2S/c1-8-4-9(14)6-11(5-8)19(17,18)16-10-2-3-15-12(13)7-10/h2-7H,14H2,1H3,(H,15,16). The molecule has 5 nitrogen and oxygen atoms in total. The van der Waals surface area contributed by atoms with Gasteiger partial charge in [-0.3, -0.25) is 4.72 Å². The highest BCUT2D eigenvalue weighted by molar-refractivity contribution is 7.92. The van der Waals surface area contributed by atoms with Crippen molar-refractivity contribution in [3.63, 3.8) is 0 Å². The third-order valence-corrected chi connectivity index (χ3v) is 3.93. The Kier molecular flexibility index (Phi) is 3.64. The second-order valence-electron chi connectivity index (χ2n) is 4.05. The first-order chi connectivity index (χ1) is 8.87. The lowest BCUT2D eigenvalue weighted by atomic mass is 10.2. The van der Waals surface area contributed by atoms with Gasteiger partial charge in [0.15, 0.2) is 0 Å². The minimum Gasteiger partial charge on any atom is -0.399 e. The van der Waals surface area contributed by atoms with Crippen LogP contribution in [-0.2, 0) is 10.0 Å². The average molecular weight is 298 g/mol. The molecule has 0 saturated heterocycles. The molecule has 0 aliphatic heterocycles. The third-order valence-electron chi connectivity index (χ3n) is 2.36. The molecule has 100 valence electrons. The summed E-state index contributed by atoms with van der Waals surface area (Å²) in [5.74, 6) is 0. The fourth-order valence-electron chi connectivity index (χ4n) is 1.61. The molecule has 0 radical (unpaired) electrons. The molecule has 1 aromatic carbocycles. The number of nitrogens with two attached hydrogens (primary N) is 1. The van der Waals surface area contributed by atoms with Crippen LogP contribution in [0.25, 0.3) is 0 Å². The van der Waals surface area contributed by atoms with Gasteiger partial charge in [-0.25, -0.2) is 13.4 Å². The monoisotopic (exact) mass is 297 g/mol. The van der Waals surface area contributed by atoms with Crippen LogP contribution in [0, 0.1) is 6.92 Å². The summed E-state index contributed by atoms with van der Waals surface area (Å²) in [4.78, 5) is 3.89.